The lowest BCUT2D eigenvalue weighted by Gasteiger charge is -2.22. The maximum Gasteiger partial charge on any atom is 0.253 e. The molecule has 0 saturated carbocycles. The van der Waals surface area contributed by atoms with Gasteiger partial charge >= 0.3 is 0 Å². The summed E-state index contributed by atoms with van der Waals surface area (Å²) in [5, 5.41) is 1.80. The second-order valence-electron chi connectivity index (χ2n) is 4.33. The fraction of sp³-hybridized carbons (Fsp3) is 0.333. The van der Waals surface area contributed by atoms with Crippen LogP contribution >= 0.6 is 11.3 Å². The zero-order valence-corrected chi connectivity index (χ0v) is 11.4. The summed E-state index contributed by atoms with van der Waals surface area (Å²) in [6.07, 6.45) is 3.63. The Bertz CT molecular complexity index is 603. The van der Waals surface area contributed by atoms with Gasteiger partial charge in [0.25, 0.3) is 10.0 Å². The molecule has 18 heavy (non-hydrogen) atoms. The molecule has 0 aromatic carbocycles. The van der Waals surface area contributed by atoms with E-state index in [0.29, 0.717) is 10.8 Å². The average Bonchev–Trinajstić information content (AvgIpc) is 3.11. The van der Waals surface area contributed by atoms with Crippen LogP contribution in [0.4, 0.5) is 0 Å². The summed E-state index contributed by atoms with van der Waals surface area (Å²) < 4.78 is 27.1. The van der Waals surface area contributed by atoms with E-state index in [1.165, 1.54) is 11.3 Å². The van der Waals surface area contributed by atoms with Gasteiger partial charge in [-0.15, -0.1) is 11.3 Å². The summed E-state index contributed by atoms with van der Waals surface area (Å²) in [6, 6.07) is 7.25. The molecule has 2 aromatic rings. The summed E-state index contributed by atoms with van der Waals surface area (Å²) in [6.45, 7) is 0.601. The molecule has 3 rings (SSSR count). The fourth-order valence-corrected chi connectivity index (χ4v) is 5.21. The van der Waals surface area contributed by atoms with Gasteiger partial charge in [-0.1, -0.05) is 6.07 Å². The zero-order chi connectivity index (χ0) is 12.6. The number of hydrogen-bond donors (Lipinski definition) is 1. The van der Waals surface area contributed by atoms with E-state index in [1.807, 2.05) is 18.3 Å². The third kappa shape index (κ3) is 1.90. The average molecular weight is 282 g/mol. The quantitative estimate of drug-likeness (QED) is 0.940. The number of hydrogen-bond acceptors (Lipinski definition) is 3. The van der Waals surface area contributed by atoms with E-state index in [2.05, 4.69) is 4.98 Å². The summed E-state index contributed by atoms with van der Waals surface area (Å²) in [5.41, 5.74) is 0.979. The highest BCUT2D eigenvalue weighted by Gasteiger charge is 2.36. The Kier molecular flexibility index (Phi) is 3.01. The Balaban J connectivity index is 1.97. The van der Waals surface area contributed by atoms with Crippen molar-refractivity contribution < 1.29 is 8.42 Å². The molecule has 1 atom stereocenters. The molecular weight excluding hydrogens is 268 g/mol. The van der Waals surface area contributed by atoms with E-state index >= 15 is 0 Å². The molecule has 1 aliphatic heterocycles. The Labute approximate surface area is 110 Å². The number of rotatable bonds is 3. The number of thiophene rings is 1. The van der Waals surface area contributed by atoms with Crippen LogP contribution in [0.15, 0.2) is 40.1 Å². The highest BCUT2D eigenvalue weighted by molar-refractivity contribution is 7.91. The number of aromatic amines is 1. The van der Waals surface area contributed by atoms with Gasteiger partial charge in [0, 0.05) is 18.4 Å². The largest absolute Gasteiger partial charge is 0.364 e. The van der Waals surface area contributed by atoms with Gasteiger partial charge in [-0.2, -0.15) is 4.31 Å². The van der Waals surface area contributed by atoms with Crippen molar-refractivity contribution in [2.24, 2.45) is 0 Å². The maximum absolute atomic E-state index is 12.5. The van der Waals surface area contributed by atoms with E-state index < -0.39 is 10.0 Å². The molecule has 1 aliphatic rings. The predicted molar refractivity (Wildman–Crippen MR) is 71.0 cm³/mol. The summed E-state index contributed by atoms with van der Waals surface area (Å²) in [7, 11) is -3.34. The smallest absolute Gasteiger partial charge is 0.253 e. The first kappa shape index (κ1) is 12.0. The molecule has 1 N–H and O–H groups in total. The molecule has 3 heterocycles. The van der Waals surface area contributed by atoms with Gasteiger partial charge in [0.1, 0.15) is 4.21 Å². The Hall–Kier alpha value is -1.11. The molecule has 0 spiro atoms. The van der Waals surface area contributed by atoms with Crippen molar-refractivity contribution in [1.82, 2.24) is 9.29 Å². The second-order valence-corrected chi connectivity index (χ2v) is 7.40. The third-order valence-corrected chi connectivity index (χ3v) is 6.52. The van der Waals surface area contributed by atoms with Gasteiger partial charge in [0.05, 0.1) is 6.04 Å². The number of sulfonamides is 1. The molecule has 2 aromatic heterocycles. The maximum atomic E-state index is 12.5. The topological polar surface area (TPSA) is 53.2 Å². The van der Waals surface area contributed by atoms with E-state index in [9.17, 15) is 8.42 Å². The van der Waals surface area contributed by atoms with Crippen LogP contribution in [0.2, 0.25) is 0 Å². The Morgan fingerprint density at radius 2 is 2.22 bits per heavy atom. The normalized spacial score (nSPS) is 21.4. The van der Waals surface area contributed by atoms with Crippen LogP contribution in [0, 0.1) is 0 Å². The van der Waals surface area contributed by atoms with E-state index in [-0.39, 0.29) is 6.04 Å². The molecule has 1 saturated heterocycles. The van der Waals surface area contributed by atoms with Crippen LogP contribution in [0.5, 0.6) is 0 Å². The zero-order valence-electron chi connectivity index (χ0n) is 9.74. The third-order valence-electron chi connectivity index (χ3n) is 3.24. The molecule has 1 fully saturated rings. The van der Waals surface area contributed by atoms with Crippen molar-refractivity contribution in [3.05, 3.63) is 41.5 Å². The fourth-order valence-electron chi connectivity index (χ4n) is 2.42. The van der Waals surface area contributed by atoms with Crippen LogP contribution in [-0.2, 0) is 10.0 Å². The Morgan fingerprint density at radius 1 is 1.33 bits per heavy atom. The molecular formula is C12H14N2O2S2. The van der Waals surface area contributed by atoms with Crippen molar-refractivity contribution >= 4 is 21.4 Å². The molecule has 0 radical (unpaired) electrons. The van der Waals surface area contributed by atoms with Gasteiger partial charge in [0.2, 0.25) is 0 Å². The predicted octanol–water partition coefficient (Wildman–Crippen LogP) is 2.60. The van der Waals surface area contributed by atoms with E-state index in [0.717, 1.165) is 18.5 Å². The van der Waals surface area contributed by atoms with Gasteiger partial charge in [-0.25, -0.2) is 8.42 Å². The van der Waals surface area contributed by atoms with Crippen LogP contribution in [-0.4, -0.2) is 24.3 Å². The lowest BCUT2D eigenvalue weighted by molar-refractivity contribution is 0.392. The lowest BCUT2D eigenvalue weighted by atomic mass is 10.2. The van der Waals surface area contributed by atoms with E-state index in [1.54, 1.807) is 21.8 Å². The molecule has 0 aliphatic carbocycles. The minimum Gasteiger partial charge on any atom is -0.364 e. The van der Waals surface area contributed by atoms with Crippen molar-refractivity contribution in [3.8, 4) is 0 Å². The van der Waals surface area contributed by atoms with Gasteiger partial charge in [0.15, 0.2) is 0 Å². The minimum absolute atomic E-state index is 0.0490. The summed E-state index contributed by atoms with van der Waals surface area (Å²) in [4.78, 5) is 3.12. The monoisotopic (exact) mass is 282 g/mol. The van der Waals surface area contributed by atoms with Crippen molar-refractivity contribution in [2.75, 3.05) is 6.54 Å². The van der Waals surface area contributed by atoms with Crippen molar-refractivity contribution in [2.45, 2.75) is 23.1 Å². The van der Waals surface area contributed by atoms with Crippen LogP contribution in [0.1, 0.15) is 24.6 Å². The Morgan fingerprint density at radius 3 is 2.89 bits per heavy atom. The van der Waals surface area contributed by atoms with Gasteiger partial charge in [-0.3, -0.25) is 0 Å². The van der Waals surface area contributed by atoms with Gasteiger partial charge < -0.3 is 4.98 Å². The first-order valence-corrected chi connectivity index (χ1v) is 8.20. The number of H-pyrrole nitrogens is 1. The minimum atomic E-state index is -3.34. The van der Waals surface area contributed by atoms with Crippen molar-refractivity contribution in [3.63, 3.8) is 0 Å². The lowest BCUT2D eigenvalue weighted by Crippen LogP contribution is -2.30. The van der Waals surface area contributed by atoms with E-state index in [4.69, 9.17) is 0 Å². The second kappa shape index (κ2) is 4.53. The van der Waals surface area contributed by atoms with Crippen LogP contribution in [0.25, 0.3) is 0 Å². The molecule has 6 heteroatoms. The molecule has 0 amide bonds. The molecule has 0 bridgehead atoms. The molecule has 1 unspecified atom stereocenters. The first-order chi connectivity index (χ1) is 8.69. The summed E-state index contributed by atoms with van der Waals surface area (Å²) >= 11 is 1.28. The van der Waals surface area contributed by atoms with Crippen molar-refractivity contribution in [1.29, 1.82) is 0 Å². The van der Waals surface area contributed by atoms with Crippen LogP contribution < -0.4 is 0 Å². The highest BCUT2D eigenvalue weighted by Crippen LogP contribution is 2.36. The number of nitrogens with zero attached hydrogens (tertiary/aromatic N) is 1. The molecule has 96 valence electrons. The molecule has 4 nitrogen and oxygen atoms in total. The number of aromatic nitrogens is 1. The van der Waals surface area contributed by atoms with Crippen LogP contribution in [0.3, 0.4) is 0 Å². The number of nitrogens with one attached hydrogen (secondary N) is 1. The summed E-state index contributed by atoms with van der Waals surface area (Å²) in [5.74, 6) is 0. The highest BCUT2D eigenvalue weighted by atomic mass is 32.2. The van der Waals surface area contributed by atoms with Gasteiger partial charge in [-0.05, 0) is 36.4 Å². The standard InChI is InChI=1S/C12H14N2O2S2/c15-18(16,12-6-3-9-17-12)14-8-2-5-11(14)10-4-1-7-13-10/h1,3-4,6-7,9,11,13H,2,5,8H2. The first-order valence-electron chi connectivity index (χ1n) is 5.88. The SMILES string of the molecule is O=S(=O)(c1cccs1)N1CCCC1c1ccc[nH]1.